The molecule has 43 heteroatoms. The van der Waals surface area contributed by atoms with E-state index in [1.165, 1.54) is 71.8 Å². The van der Waals surface area contributed by atoms with Gasteiger partial charge in [-0.25, -0.2) is 4.98 Å². The third-order valence-electron chi connectivity index (χ3n) is 23.4. The van der Waals surface area contributed by atoms with E-state index >= 15 is 28.8 Å². The van der Waals surface area contributed by atoms with Gasteiger partial charge in [-0.15, -0.1) is 11.8 Å². The predicted molar refractivity (Wildman–Crippen MR) is 474 cm³/mol. The first-order valence-corrected chi connectivity index (χ1v) is 44.5. The number of carbonyl (C=O) groups is 17. The van der Waals surface area contributed by atoms with Crippen molar-refractivity contribution in [3.8, 4) is 5.75 Å². The number of imidazole rings is 1. The quantitative estimate of drug-likeness (QED) is 0.0306. The fraction of sp³-hybridized carbons (Fsp3) is 0.517. The number of nitrogens with zero attached hydrogens (tertiary/aromatic N) is 6. The van der Waals surface area contributed by atoms with Gasteiger partial charge in [0, 0.05) is 125 Å². The maximum atomic E-state index is 15.6. The van der Waals surface area contributed by atoms with Crippen LogP contribution >= 0.6 is 11.8 Å². The highest BCUT2D eigenvalue weighted by molar-refractivity contribution is 8.00. The average Bonchev–Trinajstić information content (AvgIpc) is 1.62. The Morgan fingerprint density at radius 3 is 1.69 bits per heavy atom. The normalized spacial score (nSPS) is 25.3. The number of hydrogen-bond donors (Lipinski definition) is 19. The van der Waals surface area contributed by atoms with Gasteiger partial charge in [-0.1, -0.05) is 88.1 Å². The fourth-order valence-corrected chi connectivity index (χ4v) is 16.8. The topological polar surface area (TPSA) is 620 Å². The zero-order chi connectivity index (χ0) is 94.7. The van der Waals surface area contributed by atoms with Gasteiger partial charge in [0.2, 0.25) is 94.5 Å². The van der Waals surface area contributed by atoms with Gasteiger partial charge >= 0.3 is 5.97 Å². The van der Waals surface area contributed by atoms with E-state index in [0.29, 0.717) is 69.9 Å². The van der Waals surface area contributed by atoms with Crippen molar-refractivity contribution in [2.45, 2.75) is 221 Å². The minimum Gasteiger partial charge on any atom is -0.508 e. The Balaban J connectivity index is 1.07. The number of rotatable bonds is 23. The molecule has 15 atom stereocenters. The molecule has 3 fully saturated rings. The van der Waals surface area contributed by atoms with E-state index in [-0.39, 0.29) is 76.6 Å². The minimum absolute atomic E-state index is 0.0131. The van der Waals surface area contributed by atoms with Crippen LogP contribution < -0.4 is 64.6 Å². The van der Waals surface area contributed by atoms with Crippen molar-refractivity contribution >= 4 is 134 Å². The lowest BCUT2D eigenvalue weighted by atomic mass is 10.00. The van der Waals surface area contributed by atoms with Crippen LogP contribution in [0.25, 0.3) is 21.8 Å². The Bertz CT molecular complexity index is 5030. The van der Waals surface area contributed by atoms with E-state index in [0.717, 1.165) is 36.3 Å². The second-order valence-corrected chi connectivity index (χ2v) is 33.9. The Hall–Kier alpha value is -13.0. The minimum atomic E-state index is -1.89. The highest BCUT2D eigenvalue weighted by Crippen LogP contribution is 2.28. The number of aliphatic hydroxyl groups is 2. The molecule has 0 bridgehead atoms. The van der Waals surface area contributed by atoms with Crippen LogP contribution in [0.4, 0.5) is 0 Å². The number of benzene rings is 3. The summed E-state index contributed by atoms with van der Waals surface area (Å²) in [5.74, 6) is -17.4. The largest absolute Gasteiger partial charge is 0.508 e. The number of hydrogen-bond acceptors (Lipinski definition) is 23. The summed E-state index contributed by atoms with van der Waals surface area (Å²) in [4.78, 5) is 265. The smallest absolute Gasteiger partial charge is 0.303 e. The molecule has 704 valence electrons. The number of fused-ring (bicyclic) bond motifs is 4. The number of likely N-dealkylation sites (N-methyl/N-ethyl adjacent to an activating group) is 3. The molecule has 6 aromatic rings. The Labute approximate surface area is 753 Å². The molecule has 42 nitrogen and oxygen atoms in total. The van der Waals surface area contributed by atoms with E-state index in [1.807, 2.05) is 13.8 Å². The lowest BCUT2D eigenvalue weighted by molar-refractivity contribution is -0.149. The average molecular weight is 1830 g/mol. The number of carbonyl (C=O) groups excluding carboxylic acids is 16. The number of phenols is 1. The first-order chi connectivity index (χ1) is 62.0. The summed E-state index contributed by atoms with van der Waals surface area (Å²) >= 11 is 0.777. The summed E-state index contributed by atoms with van der Waals surface area (Å²) in [5, 5.41) is 70.0. The molecule has 3 aromatic heterocycles. The van der Waals surface area contributed by atoms with Crippen molar-refractivity contribution in [3.05, 3.63) is 120 Å². The number of nitrogens with two attached hydrogens (primary N) is 2. The first-order valence-electron chi connectivity index (χ1n) is 43.4. The van der Waals surface area contributed by atoms with Gasteiger partial charge in [-0.3, -0.25) is 81.5 Å². The predicted octanol–water partition coefficient (Wildman–Crippen LogP) is -2.88. The summed E-state index contributed by atoms with van der Waals surface area (Å²) in [6, 6.07) is -2.00. The number of aliphatic carboxylic acids is 1. The number of unbranched alkanes of at least 4 members (excludes halogenated alkanes) is 2. The van der Waals surface area contributed by atoms with Crippen molar-refractivity contribution in [1.29, 1.82) is 0 Å². The third kappa shape index (κ3) is 27.0. The molecule has 3 aliphatic heterocycles. The van der Waals surface area contributed by atoms with Crippen molar-refractivity contribution in [2.24, 2.45) is 11.5 Å². The summed E-state index contributed by atoms with van der Waals surface area (Å²) in [6.45, 7) is 3.58. The van der Waals surface area contributed by atoms with Crippen LogP contribution in [0.1, 0.15) is 127 Å². The van der Waals surface area contributed by atoms with E-state index in [1.54, 1.807) is 60.9 Å². The number of thioether (sulfide) groups is 1. The number of H-pyrrole nitrogens is 3. The standard InChI is InChI=1S/C87H119N21O21S/c1-8-10-21-67-80(122)95-47(3)74(116)103-66(76(118)93-41-71(89)112)44-130-45-72(113)96-63(33-49-24-26-53(110)27-25-49)83(125)104(5)48(4)75(117)97-59(28-29-73(114)115)85(127)107-32-16-23-68(107)81(123)100-62(36-52-40-90-46-94-52)78(120)98-60(30-31-88)86(128)108-42-54(111)37-70(108)82(124)99-61(34-50-38-91-57-19-14-12-17-55(50)57)77(119)102-65(43-109)79(121)101-64(35-51-39-92-58-20-15-13-18-56(51)58)84(126)106(7)69(22-11-9-2)87(129)105(67)6/h12-15,17-20,24-27,38-40,46-48,54,59-70,91-92,109-111H,8-11,16,21-23,28-37,41-45,88H2,1-7H3,(H2,89,112)(H,90,94)(H,93,118)(H,95,122)(H,96,113)(H,97,117)(H,98,120)(H,99,124)(H,100,123)(H,101,121)(H,102,119)(H,103,116)(H,114,115)/t47-,48-,54+,59+,60-,61-,62-,63-,64-,65-,66-,67-,68-,69-,70-/m0/s1. The van der Waals surface area contributed by atoms with Gasteiger partial charge in [0.15, 0.2) is 0 Å². The number of aromatic hydroxyl groups is 1. The van der Waals surface area contributed by atoms with Gasteiger partial charge in [-0.2, -0.15) is 0 Å². The van der Waals surface area contributed by atoms with Crippen molar-refractivity contribution < 1.29 is 102 Å². The molecule has 6 heterocycles. The van der Waals surface area contributed by atoms with Crippen molar-refractivity contribution in [2.75, 3.05) is 65.4 Å². The molecule has 0 unspecified atom stereocenters. The monoisotopic (exact) mass is 1830 g/mol. The van der Waals surface area contributed by atoms with E-state index in [4.69, 9.17) is 11.5 Å². The summed E-state index contributed by atoms with van der Waals surface area (Å²) in [6.07, 6.45) is 3.31. The molecular formula is C87H119N21O21S. The number of primary amides is 1. The van der Waals surface area contributed by atoms with Crippen LogP contribution in [0.3, 0.4) is 0 Å². The summed E-state index contributed by atoms with van der Waals surface area (Å²) in [5.41, 5.74) is 14.5. The molecule has 3 saturated heterocycles. The molecule has 16 amide bonds. The molecule has 0 spiro atoms. The molecule has 0 aliphatic carbocycles. The molecule has 0 saturated carbocycles. The highest BCUT2D eigenvalue weighted by atomic mass is 32.2. The van der Waals surface area contributed by atoms with Gasteiger partial charge in [0.05, 0.1) is 31.3 Å². The van der Waals surface area contributed by atoms with Crippen molar-refractivity contribution in [1.82, 2.24) is 97.6 Å². The van der Waals surface area contributed by atoms with Crippen molar-refractivity contribution in [3.63, 3.8) is 0 Å². The molecule has 3 aromatic carbocycles. The number of aromatic amines is 3. The second-order valence-electron chi connectivity index (χ2n) is 32.9. The lowest BCUT2D eigenvalue weighted by Gasteiger charge is -2.36. The molecule has 0 radical (unpaired) electrons. The molecule has 9 rings (SSSR count). The zero-order valence-electron chi connectivity index (χ0n) is 73.6. The Morgan fingerprint density at radius 1 is 0.554 bits per heavy atom. The van der Waals surface area contributed by atoms with Gasteiger partial charge in [0.25, 0.3) is 0 Å². The van der Waals surface area contributed by atoms with Crippen LogP contribution in [0.2, 0.25) is 0 Å². The maximum Gasteiger partial charge on any atom is 0.303 e. The summed E-state index contributed by atoms with van der Waals surface area (Å²) < 4.78 is 0. The summed E-state index contributed by atoms with van der Waals surface area (Å²) in [7, 11) is 3.91. The van der Waals surface area contributed by atoms with Crippen LogP contribution in [-0.2, 0) is 107 Å². The maximum absolute atomic E-state index is 15.6. The van der Waals surface area contributed by atoms with Gasteiger partial charge < -0.3 is 125 Å². The number of carboxylic acid groups (broad SMARTS) is 1. The van der Waals surface area contributed by atoms with Gasteiger partial charge in [0.1, 0.15) is 90.3 Å². The number of carboxylic acids is 1. The Morgan fingerprint density at radius 2 is 1.09 bits per heavy atom. The SMILES string of the molecule is CCCC[C@H]1C(=O)N(C)[C@@H](CCCC)C(=O)N[C@@H](C)C(=O)N[C@H](C(=O)NCC(N)=O)CSCC(=O)N[C@@H](Cc2ccc(O)cc2)C(=O)N(C)[C@@H](C)C(=O)N[C@H](CCC(=O)O)C(=O)N2CCC[C@H]2C(=O)N[C@@H](Cc2cnc[nH]2)C(=O)N[C@@H](CCN)C(=O)N2C[C@H](O)C[C@H]2C(=O)N[C@@H](Cc2c[nH]c3ccccc23)C(=O)N[C@@H](CO)C(=O)N[C@@H](Cc2c[nH]c3ccccc23)C(=O)N1C. The highest BCUT2D eigenvalue weighted by Gasteiger charge is 2.46. The number of para-hydroxylation sites is 2. The number of amides is 16. The van der Waals surface area contributed by atoms with E-state index < -0.39 is 242 Å². The second kappa shape index (κ2) is 47.9. The van der Waals surface area contributed by atoms with E-state index in [9.17, 15) is 73.2 Å². The zero-order valence-corrected chi connectivity index (χ0v) is 74.5. The molecular weight excluding hydrogens is 1710 g/mol. The van der Waals surface area contributed by atoms with Gasteiger partial charge in [-0.05, 0) is 99.9 Å². The molecule has 130 heavy (non-hydrogen) atoms. The molecule has 21 N–H and O–H groups in total. The molecule has 3 aliphatic rings. The van der Waals surface area contributed by atoms with Crippen LogP contribution in [0.5, 0.6) is 5.75 Å². The number of phenolic OH excluding ortho intramolecular Hbond substituents is 1. The lowest BCUT2D eigenvalue weighted by Crippen LogP contribution is -2.61. The number of nitrogens with one attached hydrogen (secondary N) is 13. The fourth-order valence-electron chi connectivity index (χ4n) is 16.0. The number of aromatic nitrogens is 4. The number of aliphatic hydroxyl groups excluding tert-OH is 2. The third-order valence-corrected chi connectivity index (χ3v) is 24.5. The van der Waals surface area contributed by atoms with Crippen LogP contribution in [0, 0.1) is 0 Å². The van der Waals surface area contributed by atoms with Crippen LogP contribution in [0.15, 0.2) is 97.7 Å². The Kier molecular flexibility index (Phi) is 37.1. The van der Waals surface area contributed by atoms with Crippen LogP contribution in [-0.4, -0.2) is 321 Å². The first kappa shape index (κ1) is 101. The van der Waals surface area contributed by atoms with E-state index in [2.05, 4.69) is 73.1 Å².